The molecule has 9 aromatic rings. The Kier molecular flexibility index (Phi) is 11.9. The van der Waals surface area contributed by atoms with Gasteiger partial charge in [0.15, 0.2) is 0 Å². The molecule has 301 valence electrons. The monoisotopic (exact) mass is 969 g/mol. The molecule has 0 amide bonds. The van der Waals surface area contributed by atoms with Gasteiger partial charge in [-0.25, -0.2) is 4.98 Å². The standard InChI is InChI=1S/C35H30N3O.C17H22NSi.Ir/c1-20(2)28-19-23-11-6-7-12-24(23)31(21(3)4)32(28)38-30-16-9-8-15-29(30)37-34(38)27-14-10-13-25-26-18-17-22(5)36-35(26)39-33(25)27;1-13(2)15-11-16(14-9-7-6-8-10-14)18-12-17(15)19(3,4)5;/h6-13,15-21H,1-5H3;6-9,11-13H,1-5H3;/q2*-1;. The van der Waals surface area contributed by atoms with Gasteiger partial charge in [0.05, 0.1) is 30.5 Å². The molecule has 0 saturated heterocycles. The molecular formula is C52H52IrN4OSi-2. The van der Waals surface area contributed by atoms with Gasteiger partial charge in [-0.15, -0.1) is 54.1 Å². The number of benzene rings is 5. The molecule has 0 bridgehead atoms. The van der Waals surface area contributed by atoms with Crippen molar-refractivity contribution >= 4 is 57.1 Å². The van der Waals surface area contributed by atoms with Crippen LogP contribution in [0.15, 0.2) is 120 Å². The zero-order valence-corrected chi connectivity index (χ0v) is 39.1. The van der Waals surface area contributed by atoms with Crippen LogP contribution in [-0.2, 0) is 20.1 Å². The van der Waals surface area contributed by atoms with Crippen molar-refractivity contribution in [3.8, 4) is 28.3 Å². The summed E-state index contributed by atoms with van der Waals surface area (Å²) < 4.78 is 8.79. The predicted molar refractivity (Wildman–Crippen MR) is 246 cm³/mol. The topological polar surface area (TPSA) is 56.7 Å². The molecule has 0 aliphatic heterocycles. The van der Waals surface area contributed by atoms with E-state index in [9.17, 15) is 0 Å². The van der Waals surface area contributed by atoms with Crippen molar-refractivity contribution in [3.63, 3.8) is 0 Å². The first-order valence-electron chi connectivity index (χ1n) is 20.5. The first-order chi connectivity index (χ1) is 27.8. The number of furan rings is 1. The van der Waals surface area contributed by atoms with Gasteiger partial charge < -0.3 is 14.0 Å². The minimum atomic E-state index is -1.34. The van der Waals surface area contributed by atoms with E-state index < -0.39 is 8.07 Å². The summed E-state index contributed by atoms with van der Waals surface area (Å²) in [5.74, 6) is 1.98. The summed E-state index contributed by atoms with van der Waals surface area (Å²) in [6, 6.07) is 44.7. The Bertz CT molecular complexity index is 2940. The fourth-order valence-corrected chi connectivity index (χ4v) is 9.92. The summed E-state index contributed by atoms with van der Waals surface area (Å²) >= 11 is 0. The van der Waals surface area contributed by atoms with Gasteiger partial charge in [0.2, 0.25) is 5.71 Å². The second kappa shape index (κ2) is 16.8. The Morgan fingerprint density at radius 2 is 1.41 bits per heavy atom. The minimum Gasteiger partial charge on any atom is -0.486 e. The van der Waals surface area contributed by atoms with E-state index in [1.165, 1.54) is 38.3 Å². The van der Waals surface area contributed by atoms with Crippen LogP contribution >= 0.6 is 0 Å². The second-order valence-electron chi connectivity index (χ2n) is 17.4. The summed E-state index contributed by atoms with van der Waals surface area (Å²) in [7, 11) is -1.34. The van der Waals surface area contributed by atoms with Gasteiger partial charge in [-0.1, -0.05) is 120 Å². The fourth-order valence-electron chi connectivity index (χ4n) is 8.24. The van der Waals surface area contributed by atoms with Crippen LogP contribution in [-0.4, -0.2) is 27.6 Å². The average Bonchev–Trinajstić information content (AvgIpc) is 3.78. The molecule has 5 aromatic carbocycles. The molecule has 0 atom stereocenters. The zero-order chi connectivity index (χ0) is 40.9. The Labute approximate surface area is 363 Å². The van der Waals surface area contributed by atoms with Gasteiger partial charge in [-0.05, 0) is 87.8 Å². The minimum absolute atomic E-state index is 0. The Hall–Kier alpha value is -5.20. The fraction of sp³-hybridized carbons (Fsp3) is 0.250. The number of fused-ring (bicyclic) bond motifs is 5. The van der Waals surface area contributed by atoms with E-state index in [0.717, 1.165) is 55.7 Å². The molecule has 0 N–H and O–H groups in total. The predicted octanol–water partition coefficient (Wildman–Crippen LogP) is 13.7. The maximum atomic E-state index is 6.44. The Balaban J connectivity index is 0.000000223. The third-order valence-electron chi connectivity index (χ3n) is 11.1. The molecule has 0 aliphatic rings. The van der Waals surface area contributed by atoms with E-state index in [1.807, 2.05) is 37.3 Å². The van der Waals surface area contributed by atoms with Gasteiger partial charge in [-0.3, -0.25) is 4.98 Å². The number of pyridine rings is 2. The van der Waals surface area contributed by atoms with Crippen LogP contribution in [0, 0.1) is 19.1 Å². The van der Waals surface area contributed by atoms with Crippen LogP contribution < -0.4 is 5.19 Å². The van der Waals surface area contributed by atoms with Crippen LogP contribution in [0.2, 0.25) is 19.6 Å². The van der Waals surface area contributed by atoms with Crippen molar-refractivity contribution in [2.24, 2.45) is 0 Å². The van der Waals surface area contributed by atoms with Crippen LogP contribution in [0.4, 0.5) is 0 Å². The quantitative estimate of drug-likeness (QED) is 0.118. The number of para-hydroxylation sites is 2. The summed E-state index contributed by atoms with van der Waals surface area (Å²) in [5, 5.41) is 6.05. The van der Waals surface area contributed by atoms with E-state index in [2.05, 4.69) is 173 Å². The van der Waals surface area contributed by atoms with Gasteiger partial charge in [-0.2, -0.15) is 0 Å². The van der Waals surface area contributed by atoms with Gasteiger partial charge in [0.1, 0.15) is 0 Å². The van der Waals surface area contributed by atoms with Gasteiger partial charge in [0.25, 0.3) is 0 Å². The molecular weight excluding hydrogens is 917 g/mol. The van der Waals surface area contributed by atoms with Crippen LogP contribution in [0.25, 0.3) is 72.2 Å². The van der Waals surface area contributed by atoms with E-state index in [-0.39, 0.29) is 20.1 Å². The molecule has 59 heavy (non-hydrogen) atoms. The van der Waals surface area contributed by atoms with Crippen LogP contribution in [0.1, 0.15) is 81.7 Å². The molecule has 9 rings (SSSR count). The second-order valence-corrected chi connectivity index (χ2v) is 22.4. The molecule has 0 saturated carbocycles. The van der Waals surface area contributed by atoms with Crippen LogP contribution in [0.5, 0.6) is 0 Å². The third kappa shape index (κ3) is 7.96. The molecule has 4 aromatic heterocycles. The van der Waals surface area contributed by atoms with Crippen molar-refractivity contribution in [2.45, 2.75) is 85.9 Å². The van der Waals surface area contributed by atoms with Crippen molar-refractivity contribution in [2.75, 3.05) is 0 Å². The summed E-state index contributed by atoms with van der Waals surface area (Å²) in [4.78, 5) is 14.6. The van der Waals surface area contributed by atoms with Gasteiger partial charge >= 0.3 is 0 Å². The molecule has 0 unspecified atom stereocenters. The summed E-state index contributed by atoms with van der Waals surface area (Å²) in [5.41, 5.74) is 12.6. The number of rotatable bonds is 7. The maximum Gasteiger partial charge on any atom is 0.216 e. The summed E-state index contributed by atoms with van der Waals surface area (Å²) in [6.45, 7) is 22.8. The van der Waals surface area contributed by atoms with E-state index in [4.69, 9.17) is 9.40 Å². The van der Waals surface area contributed by atoms with Crippen molar-refractivity contribution in [1.29, 1.82) is 0 Å². The van der Waals surface area contributed by atoms with Crippen molar-refractivity contribution < 1.29 is 24.5 Å². The number of hydrogen-bond donors (Lipinski definition) is 0. The van der Waals surface area contributed by atoms with Gasteiger partial charge in [0, 0.05) is 43.1 Å². The first kappa shape index (κ1) is 41.9. The normalized spacial score (nSPS) is 11.9. The van der Waals surface area contributed by atoms with E-state index >= 15 is 0 Å². The molecule has 0 fully saturated rings. The molecule has 4 heterocycles. The number of nitrogens with zero attached hydrogens (tertiary/aromatic N) is 4. The van der Waals surface area contributed by atoms with E-state index in [0.29, 0.717) is 23.5 Å². The van der Waals surface area contributed by atoms with Crippen molar-refractivity contribution in [1.82, 2.24) is 19.5 Å². The largest absolute Gasteiger partial charge is 0.486 e. The van der Waals surface area contributed by atoms with Crippen LogP contribution in [0.3, 0.4) is 0 Å². The zero-order valence-electron chi connectivity index (χ0n) is 35.7. The Morgan fingerprint density at radius 1 is 0.678 bits per heavy atom. The SMILES string of the molecule is CC(C)c1cc(-c2[c-]cccc2)ncc1[Si](C)(C)C.Cc1ccc2c(n1)oc1c(-c3nc4ccccc4n3-c3c(C(C)C)cc4ccccc4c3C(C)C)[c-]ccc12.[Ir]. The van der Waals surface area contributed by atoms with Crippen molar-refractivity contribution in [3.05, 3.63) is 150 Å². The molecule has 0 aliphatic carbocycles. The number of aryl methyl sites for hydroxylation is 1. The molecule has 7 heteroatoms. The number of aromatic nitrogens is 4. The molecule has 1 radical (unpaired) electrons. The number of hydrogen-bond acceptors (Lipinski definition) is 4. The first-order valence-corrected chi connectivity index (χ1v) is 24.0. The third-order valence-corrected chi connectivity index (χ3v) is 13.1. The molecule has 0 spiro atoms. The Morgan fingerprint density at radius 3 is 2.12 bits per heavy atom. The van der Waals surface area contributed by atoms with E-state index in [1.54, 1.807) is 0 Å². The molecule has 5 nitrogen and oxygen atoms in total. The summed E-state index contributed by atoms with van der Waals surface area (Å²) in [6.07, 6.45) is 2.09. The smallest absolute Gasteiger partial charge is 0.216 e. The maximum absolute atomic E-state index is 6.44. The number of imidazole rings is 1. The average molecular weight is 969 g/mol.